The molecule has 3 atom stereocenters. The maximum absolute atomic E-state index is 12.5. The Labute approximate surface area is 167 Å². The standard InChI is InChI=1S/C15H28N6O6S/c16-4-2-1-3-8(19-12(23)6-17)13(24)21-10(7-28)14(25)20-9(15(26)27)5-11(18)22/h8-10,28H,1-7,16-17H2,(H2,18,22)(H,19,23)(H,20,25)(H,21,24)(H,26,27). The van der Waals surface area contributed by atoms with Gasteiger partial charge in [0, 0.05) is 5.75 Å². The molecular weight excluding hydrogens is 392 g/mol. The SMILES string of the molecule is NCCCCC(NC(=O)CN)C(=O)NC(CS)C(=O)NC(CC(N)=O)C(=O)O. The minimum Gasteiger partial charge on any atom is -0.480 e. The molecule has 0 aliphatic rings. The first-order valence-electron chi connectivity index (χ1n) is 8.58. The lowest BCUT2D eigenvalue weighted by Crippen LogP contribution is -2.57. The third-order valence-electron chi connectivity index (χ3n) is 3.62. The Morgan fingerprint density at radius 3 is 1.93 bits per heavy atom. The molecule has 10 N–H and O–H groups in total. The van der Waals surface area contributed by atoms with Gasteiger partial charge < -0.3 is 38.3 Å². The lowest BCUT2D eigenvalue weighted by Gasteiger charge is -2.23. The zero-order chi connectivity index (χ0) is 21.7. The molecule has 0 aliphatic carbocycles. The number of thiol groups is 1. The van der Waals surface area contributed by atoms with E-state index in [9.17, 15) is 24.0 Å². The number of carbonyl (C=O) groups excluding carboxylic acids is 4. The fourth-order valence-electron chi connectivity index (χ4n) is 2.15. The fraction of sp³-hybridized carbons (Fsp3) is 0.667. The van der Waals surface area contributed by atoms with Gasteiger partial charge in [0.2, 0.25) is 23.6 Å². The molecule has 0 spiro atoms. The van der Waals surface area contributed by atoms with Crippen molar-refractivity contribution >= 4 is 42.2 Å². The first-order valence-corrected chi connectivity index (χ1v) is 9.21. The van der Waals surface area contributed by atoms with Gasteiger partial charge in [-0.3, -0.25) is 19.2 Å². The summed E-state index contributed by atoms with van der Waals surface area (Å²) in [7, 11) is 0. The Morgan fingerprint density at radius 2 is 1.46 bits per heavy atom. The molecule has 0 aromatic rings. The molecule has 0 rings (SSSR count). The number of carboxylic acid groups (broad SMARTS) is 1. The number of primary amides is 1. The minimum atomic E-state index is -1.54. The molecule has 0 heterocycles. The number of amides is 4. The van der Waals surface area contributed by atoms with Crippen LogP contribution in [-0.2, 0) is 24.0 Å². The van der Waals surface area contributed by atoms with Crippen molar-refractivity contribution in [3.63, 3.8) is 0 Å². The second kappa shape index (κ2) is 13.7. The smallest absolute Gasteiger partial charge is 0.326 e. The van der Waals surface area contributed by atoms with Crippen molar-refractivity contribution in [2.24, 2.45) is 17.2 Å². The molecule has 160 valence electrons. The van der Waals surface area contributed by atoms with Crippen LogP contribution in [0.4, 0.5) is 0 Å². The van der Waals surface area contributed by atoms with E-state index in [1.165, 1.54) is 0 Å². The van der Waals surface area contributed by atoms with Crippen LogP contribution in [0.2, 0.25) is 0 Å². The number of unbranched alkanes of at least 4 members (excludes halogenated alkanes) is 1. The Balaban J connectivity index is 5.05. The van der Waals surface area contributed by atoms with E-state index in [1.54, 1.807) is 0 Å². The van der Waals surface area contributed by atoms with Crippen LogP contribution in [0.15, 0.2) is 0 Å². The Hall–Kier alpha value is -2.38. The monoisotopic (exact) mass is 420 g/mol. The molecule has 0 saturated carbocycles. The quantitative estimate of drug-likeness (QED) is 0.103. The fourth-order valence-corrected chi connectivity index (χ4v) is 2.41. The second-order valence-electron chi connectivity index (χ2n) is 5.92. The maximum Gasteiger partial charge on any atom is 0.326 e. The lowest BCUT2D eigenvalue weighted by molar-refractivity contribution is -0.143. The summed E-state index contributed by atoms with van der Waals surface area (Å²) < 4.78 is 0. The van der Waals surface area contributed by atoms with Crippen molar-refractivity contribution < 1.29 is 29.1 Å². The minimum absolute atomic E-state index is 0.152. The number of carboxylic acids is 1. The van der Waals surface area contributed by atoms with E-state index >= 15 is 0 Å². The first kappa shape index (κ1) is 25.6. The van der Waals surface area contributed by atoms with Gasteiger partial charge >= 0.3 is 5.97 Å². The molecule has 0 radical (unpaired) electrons. The molecular formula is C15H28N6O6S. The number of nitrogens with two attached hydrogens (primary N) is 3. The summed E-state index contributed by atoms with van der Waals surface area (Å²) >= 11 is 3.98. The zero-order valence-electron chi connectivity index (χ0n) is 15.3. The van der Waals surface area contributed by atoms with Gasteiger partial charge in [-0.05, 0) is 25.8 Å². The molecule has 0 bridgehead atoms. The number of aliphatic carboxylic acids is 1. The number of hydrogen-bond acceptors (Lipinski definition) is 8. The molecule has 12 nitrogen and oxygen atoms in total. The van der Waals surface area contributed by atoms with E-state index in [0.717, 1.165) is 0 Å². The zero-order valence-corrected chi connectivity index (χ0v) is 16.2. The van der Waals surface area contributed by atoms with Crippen LogP contribution in [0.25, 0.3) is 0 Å². The highest BCUT2D eigenvalue weighted by atomic mass is 32.1. The molecule has 3 unspecified atom stereocenters. The molecule has 4 amide bonds. The van der Waals surface area contributed by atoms with Gasteiger partial charge in [-0.15, -0.1) is 0 Å². The highest BCUT2D eigenvalue weighted by Crippen LogP contribution is 2.03. The van der Waals surface area contributed by atoms with Crippen LogP contribution in [0.3, 0.4) is 0 Å². The number of hydrogen-bond donors (Lipinski definition) is 8. The molecule has 0 aromatic carbocycles. The van der Waals surface area contributed by atoms with Crippen LogP contribution in [0.5, 0.6) is 0 Å². The predicted octanol–water partition coefficient (Wildman–Crippen LogP) is -3.58. The third-order valence-corrected chi connectivity index (χ3v) is 3.98. The molecule has 0 saturated heterocycles. The van der Waals surface area contributed by atoms with Crippen molar-refractivity contribution in [1.82, 2.24) is 16.0 Å². The summed E-state index contributed by atoms with van der Waals surface area (Å²) in [5.74, 6) is -4.58. The number of rotatable bonds is 14. The van der Waals surface area contributed by atoms with Crippen molar-refractivity contribution in [3.8, 4) is 0 Å². The maximum atomic E-state index is 12.5. The second-order valence-corrected chi connectivity index (χ2v) is 6.29. The number of carbonyl (C=O) groups is 5. The van der Waals surface area contributed by atoms with Gasteiger partial charge in [0.15, 0.2) is 0 Å². The normalized spacial score (nSPS) is 13.7. The van der Waals surface area contributed by atoms with E-state index in [-0.39, 0.29) is 18.7 Å². The van der Waals surface area contributed by atoms with Gasteiger partial charge in [-0.25, -0.2) is 4.79 Å². The molecule has 28 heavy (non-hydrogen) atoms. The summed E-state index contributed by atoms with van der Waals surface area (Å²) in [5.41, 5.74) is 15.6. The topological polar surface area (TPSA) is 220 Å². The molecule has 0 aliphatic heterocycles. The van der Waals surface area contributed by atoms with Crippen LogP contribution in [0.1, 0.15) is 25.7 Å². The summed E-state index contributed by atoms with van der Waals surface area (Å²) in [4.78, 5) is 58.3. The number of nitrogens with one attached hydrogen (secondary N) is 3. The summed E-state index contributed by atoms with van der Waals surface area (Å²) in [6, 6.07) is -3.68. The third kappa shape index (κ3) is 10.1. The summed E-state index contributed by atoms with van der Waals surface area (Å²) in [6.07, 6.45) is 0.848. The highest BCUT2D eigenvalue weighted by Gasteiger charge is 2.29. The summed E-state index contributed by atoms with van der Waals surface area (Å²) in [5, 5.41) is 16.0. The highest BCUT2D eigenvalue weighted by molar-refractivity contribution is 7.80. The Morgan fingerprint density at radius 1 is 0.893 bits per heavy atom. The average Bonchev–Trinajstić information content (AvgIpc) is 2.63. The first-order chi connectivity index (χ1) is 13.2. The van der Waals surface area contributed by atoms with Crippen LogP contribution < -0.4 is 33.2 Å². The largest absolute Gasteiger partial charge is 0.480 e. The van der Waals surface area contributed by atoms with Gasteiger partial charge in [0.1, 0.15) is 18.1 Å². The average molecular weight is 420 g/mol. The van der Waals surface area contributed by atoms with Crippen molar-refractivity contribution in [3.05, 3.63) is 0 Å². The van der Waals surface area contributed by atoms with Gasteiger partial charge in [-0.2, -0.15) is 12.6 Å². The Bertz CT molecular complexity index is 575. The molecule has 13 heteroatoms. The van der Waals surface area contributed by atoms with Crippen molar-refractivity contribution in [1.29, 1.82) is 0 Å². The van der Waals surface area contributed by atoms with Crippen molar-refractivity contribution in [2.45, 2.75) is 43.8 Å². The van der Waals surface area contributed by atoms with E-state index in [0.29, 0.717) is 19.4 Å². The van der Waals surface area contributed by atoms with Crippen LogP contribution in [-0.4, -0.2) is 71.7 Å². The van der Waals surface area contributed by atoms with Crippen molar-refractivity contribution in [2.75, 3.05) is 18.8 Å². The van der Waals surface area contributed by atoms with E-state index in [4.69, 9.17) is 22.3 Å². The lowest BCUT2D eigenvalue weighted by atomic mass is 10.1. The van der Waals surface area contributed by atoms with Gasteiger partial charge in [0.25, 0.3) is 0 Å². The summed E-state index contributed by atoms with van der Waals surface area (Å²) in [6.45, 7) is 0.0991. The van der Waals surface area contributed by atoms with E-state index < -0.39 is 54.1 Å². The Kier molecular flexibility index (Phi) is 12.6. The van der Waals surface area contributed by atoms with Crippen LogP contribution in [0, 0.1) is 0 Å². The molecule has 0 fully saturated rings. The van der Waals surface area contributed by atoms with Gasteiger partial charge in [-0.1, -0.05) is 0 Å². The van der Waals surface area contributed by atoms with Crippen LogP contribution >= 0.6 is 12.6 Å². The molecule has 0 aromatic heterocycles. The van der Waals surface area contributed by atoms with E-state index in [1.807, 2.05) is 0 Å². The van der Waals surface area contributed by atoms with E-state index in [2.05, 4.69) is 28.6 Å². The van der Waals surface area contributed by atoms with Gasteiger partial charge in [0.05, 0.1) is 13.0 Å². The predicted molar refractivity (Wildman–Crippen MR) is 103 cm³/mol.